The fourth-order valence-corrected chi connectivity index (χ4v) is 0.972. The molecule has 0 radical (unpaired) electrons. The molecule has 2 heteroatoms. The van der Waals surface area contributed by atoms with E-state index in [-0.39, 0.29) is 11.9 Å². The molecule has 80 valence electrons. The molecule has 0 saturated carbocycles. The van der Waals surface area contributed by atoms with Crippen LogP contribution in [0.1, 0.15) is 27.7 Å². The lowest BCUT2D eigenvalue weighted by molar-refractivity contribution is -0.142. The molecule has 0 saturated heterocycles. The molecule has 14 heavy (non-hydrogen) atoms. The number of esters is 1. The third-order valence-electron chi connectivity index (χ3n) is 1.96. The lowest BCUT2D eigenvalue weighted by atomic mass is 9.96. The second-order valence-corrected chi connectivity index (χ2v) is 3.92. The number of rotatable bonds is 5. The highest BCUT2D eigenvalue weighted by Gasteiger charge is 2.11. The van der Waals surface area contributed by atoms with Gasteiger partial charge >= 0.3 is 5.97 Å². The average molecular weight is 196 g/mol. The van der Waals surface area contributed by atoms with Crippen molar-refractivity contribution in [2.45, 2.75) is 27.7 Å². The molecule has 0 bridgehead atoms. The molecule has 0 amide bonds. The van der Waals surface area contributed by atoms with Crippen molar-refractivity contribution in [2.24, 2.45) is 11.8 Å². The minimum atomic E-state index is -0.223. The van der Waals surface area contributed by atoms with Gasteiger partial charge in [-0.15, -0.1) is 0 Å². The molecule has 0 rings (SSSR count). The summed E-state index contributed by atoms with van der Waals surface area (Å²) in [4.78, 5) is 10.6. The standard InChI is InChI=1S/C12H20O2/c1-9(2)6-7-12(10(3)4)8-14-11(5)13/h6-7,10,12H,1,8H2,2-5H3/b7-6+. The maximum Gasteiger partial charge on any atom is 0.302 e. The zero-order valence-electron chi connectivity index (χ0n) is 9.54. The molecule has 0 aromatic rings. The van der Waals surface area contributed by atoms with Gasteiger partial charge in [-0.25, -0.2) is 0 Å². The molecule has 0 aromatic carbocycles. The maximum atomic E-state index is 10.6. The van der Waals surface area contributed by atoms with E-state index in [1.54, 1.807) is 0 Å². The first-order chi connectivity index (χ1) is 6.43. The number of carbonyl (C=O) groups excluding carboxylic acids is 1. The van der Waals surface area contributed by atoms with Crippen molar-refractivity contribution < 1.29 is 9.53 Å². The Morgan fingerprint density at radius 2 is 2.00 bits per heavy atom. The van der Waals surface area contributed by atoms with Crippen LogP contribution >= 0.6 is 0 Å². The highest BCUT2D eigenvalue weighted by molar-refractivity contribution is 5.65. The molecular formula is C12H20O2. The Morgan fingerprint density at radius 3 is 2.36 bits per heavy atom. The van der Waals surface area contributed by atoms with E-state index in [2.05, 4.69) is 26.5 Å². The van der Waals surface area contributed by atoms with Crippen molar-refractivity contribution in [1.29, 1.82) is 0 Å². The van der Waals surface area contributed by atoms with Crippen LogP contribution in [0, 0.1) is 11.8 Å². The van der Waals surface area contributed by atoms with Crippen LogP contribution in [0.4, 0.5) is 0 Å². The van der Waals surface area contributed by atoms with Gasteiger partial charge in [-0.3, -0.25) is 4.79 Å². The molecule has 0 fully saturated rings. The first kappa shape index (κ1) is 12.9. The number of hydrogen-bond donors (Lipinski definition) is 0. The maximum absolute atomic E-state index is 10.6. The largest absolute Gasteiger partial charge is 0.465 e. The van der Waals surface area contributed by atoms with Gasteiger partial charge in [0.1, 0.15) is 0 Å². The Labute approximate surface area is 86.6 Å². The van der Waals surface area contributed by atoms with E-state index in [1.165, 1.54) is 6.92 Å². The van der Waals surface area contributed by atoms with E-state index in [4.69, 9.17) is 4.74 Å². The molecule has 2 nitrogen and oxygen atoms in total. The van der Waals surface area contributed by atoms with Gasteiger partial charge in [0.15, 0.2) is 0 Å². The number of carbonyl (C=O) groups is 1. The van der Waals surface area contributed by atoms with Crippen LogP contribution in [0.5, 0.6) is 0 Å². The Morgan fingerprint density at radius 1 is 1.43 bits per heavy atom. The average Bonchev–Trinajstić information content (AvgIpc) is 2.02. The molecule has 0 aliphatic carbocycles. The van der Waals surface area contributed by atoms with Gasteiger partial charge < -0.3 is 4.74 Å². The van der Waals surface area contributed by atoms with Crippen molar-refractivity contribution in [3.05, 3.63) is 24.3 Å². The van der Waals surface area contributed by atoms with Crippen LogP contribution in [-0.2, 0) is 9.53 Å². The molecule has 0 N–H and O–H groups in total. The topological polar surface area (TPSA) is 26.3 Å². The minimum absolute atomic E-state index is 0.223. The van der Waals surface area contributed by atoms with E-state index in [0.29, 0.717) is 12.5 Å². The highest BCUT2D eigenvalue weighted by atomic mass is 16.5. The zero-order valence-corrected chi connectivity index (χ0v) is 9.54. The van der Waals surface area contributed by atoms with Gasteiger partial charge in [-0.2, -0.15) is 0 Å². The van der Waals surface area contributed by atoms with E-state index >= 15 is 0 Å². The summed E-state index contributed by atoms with van der Waals surface area (Å²) in [7, 11) is 0. The van der Waals surface area contributed by atoms with Crippen molar-refractivity contribution >= 4 is 5.97 Å². The highest BCUT2D eigenvalue weighted by Crippen LogP contribution is 2.13. The molecule has 0 aliphatic rings. The van der Waals surface area contributed by atoms with Crippen LogP contribution in [0.15, 0.2) is 24.3 Å². The van der Waals surface area contributed by atoms with E-state index in [1.807, 2.05) is 13.0 Å². The van der Waals surface area contributed by atoms with Gasteiger partial charge in [-0.05, 0) is 12.8 Å². The van der Waals surface area contributed by atoms with Gasteiger partial charge in [0.05, 0.1) is 6.61 Å². The van der Waals surface area contributed by atoms with Gasteiger partial charge in [0.25, 0.3) is 0 Å². The predicted octanol–water partition coefficient (Wildman–Crippen LogP) is 2.95. The smallest absolute Gasteiger partial charge is 0.302 e. The fourth-order valence-electron chi connectivity index (χ4n) is 0.972. The van der Waals surface area contributed by atoms with Crippen molar-refractivity contribution in [3.63, 3.8) is 0 Å². The lowest BCUT2D eigenvalue weighted by Crippen LogP contribution is -2.15. The van der Waals surface area contributed by atoms with Gasteiger partial charge in [0.2, 0.25) is 0 Å². The summed E-state index contributed by atoms with van der Waals surface area (Å²) >= 11 is 0. The Kier molecular flexibility index (Phi) is 5.93. The first-order valence-corrected chi connectivity index (χ1v) is 4.90. The van der Waals surface area contributed by atoms with E-state index in [0.717, 1.165) is 5.57 Å². The van der Waals surface area contributed by atoms with Gasteiger partial charge in [0, 0.05) is 12.8 Å². The number of ether oxygens (including phenoxy) is 1. The quantitative estimate of drug-likeness (QED) is 0.499. The Balaban J connectivity index is 4.16. The van der Waals surface area contributed by atoms with Crippen molar-refractivity contribution in [3.8, 4) is 0 Å². The predicted molar refractivity (Wildman–Crippen MR) is 58.9 cm³/mol. The van der Waals surface area contributed by atoms with Crippen LogP contribution in [0.25, 0.3) is 0 Å². The van der Waals surface area contributed by atoms with Crippen LogP contribution < -0.4 is 0 Å². The normalized spacial score (nSPS) is 13.2. The Hall–Kier alpha value is -1.05. The monoisotopic (exact) mass is 196 g/mol. The lowest BCUT2D eigenvalue weighted by Gasteiger charge is -2.16. The van der Waals surface area contributed by atoms with Crippen LogP contribution in [-0.4, -0.2) is 12.6 Å². The molecule has 1 atom stereocenters. The molecule has 1 unspecified atom stereocenters. The Bertz CT molecular complexity index is 226. The summed E-state index contributed by atoms with van der Waals surface area (Å²) < 4.78 is 4.98. The summed E-state index contributed by atoms with van der Waals surface area (Å²) in [5.41, 5.74) is 1.01. The number of allylic oxidation sites excluding steroid dienone is 2. The number of hydrogen-bond acceptors (Lipinski definition) is 2. The molecular weight excluding hydrogens is 176 g/mol. The van der Waals surface area contributed by atoms with Crippen LogP contribution in [0.2, 0.25) is 0 Å². The minimum Gasteiger partial charge on any atom is -0.465 e. The van der Waals surface area contributed by atoms with Crippen molar-refractivity contribution in [2.75, 3.05) is 6.61 Å². The van der Waals surface area contributed by atoms with Gasteiger partial charge in [-0.1, -0.05) is 38.2 Å². The summed E-state index contributed by atoms with van der Waals surface area (Å²) in [6, 6.07) is 0. The van der Waals surface area contributed by atoms with E-state index < -0.39 is 0 Å². The van der Waals surface area contributed by atoms with E-state index in [9.17, 15) is 4.79 Å². The third-order valence-corrected chi connectivity index (χ3v) is 1.96. The van der Waals surface area contributed by atoms with Crippen molar-refractivity contribution in [1.82, 2.24) is 0 Å². The summed E-state index contributed by atoms with van der Waals surface area (Å²) in [5, 5.41) is 0. The third kappa shape index (κ3) is 6.46. The summed E-state index contributed by atoms with van der Waals surface area (Å²) in [5.74, 6) is 0.514. The second kappa shape index (κ2) is 6.41. The second-order valence-electron chi connectivity index (χ2n) is 3.92. The summed E-state index contributed by atoms with van der Waals surface area (Å²) in [6.45, 7) is 11.8. The first-order valence-electron chi connectivity index (χ1n) is 4.90. The van der Waals surface area contributed by atoms with Crippen LogP contribution in [0.3, 0.4) is 0 Å². The summed E-state index contributed by atoms with van der Waals surface area (Å²) in [6.07, 6.45) is 4.02. The molecule has 0 aliphatic heterocycles. The fraction of sp³-hybridized carbons (Fsp3) is 0.583. The molecule has 0 aromatic heterocycles. The zero-order chi connectivity index (χ0) is 11.1. The molecule has 0 heterocycles. The molecule has 0 spiro atoms. The SMILES string of the molecule is C=C(C)/C=C/C(COC(C)=O)C(C)C.